The second-order valence-electron chi connectivity index (χ2n) is 6.70. The topological polar surface area (TPSA) is 76.7 Å². The van der Waals surface area contributed by atoms with Gasteiger partial charge in [0.15, 0.2) is 18.1 Å². The third-order valence-corrected chi connectivity index (χ3v) is 4.55. The molecule has 0 unspecified atom stereocenters. The lowest BCUT2D eigenvalue weighted by Gasteiger charge is -2.22. The summed E-state index contributed by atoms with van der Waals surface area (Å²) in [6.45, 7) is 2.12. The Morgan fingerprint density at radius 3 is 2.63 bits per heavy atom. The highest BCUT2D eigenvalue weighted by molar-refractivity contribution is 5.80. The normalized spacial score (nSPS) is 14.7. The Labute approximate surface area is 161 Å². The molecule has 0 aromatic heterocycles. The molecule has 0 radical (unpaired) electrons. The van der Waals surface area contributed by atoms with Crippen molar-refractivity contribution in [3.8, 4) is 11.5 Å². The van der Waals surface area contributed by atoms with E-state index in [0.717, 1.165) is 18.4 Å². The molecule has 0 atom stereocenters. The molecule has 1 aromatic carbocycles. The third kappa shape index (κ3) is 7.33. The van der Waals surface area contributed by atoms with E-state index >= 15 is 0 Å². The van der Waals surface area contributed by atoms with Crippen LogP contribution in [0.15, 0.2) is 24.3 Å². The van der Waals surface area contributed by atoms with Gasteiger partial charge in [0, 0.05) is 19.0 Å². The number of carbonyl (C=O) groups excluding carboxylic acids is 2. The molecule has 0 aliphatic heterocycles. The summed E-state index contributed by atoms with van der Waals surface area (Å²) in [6.07, 6.45) is 9.90. The molecule has 0 saturated heterocycles. The summed E-state index contributed by atoms with van der Waals surface area (Å²) in [6, 6.07) is 5.82. The van der Waals surface area contributed by atoms with Gasteiger partial charge in [-0.15, -0.1) is 0 Å². The summed E-state index contributed by atoms with van der Waals surface area (Å²) in [5.41, 5.74) is 0.995. The van der Waals surface area contributed by atoms with Crippen LogP contribution in [0.4, 0.5) is 0 Å². The van der Waals surface area contributed by atoms with Gasteiger partial charge < -0.3 is 20.1 Å². The number of carbonyl (C=O) groups is 2. The van der Waals surface area contributed by atoms with Crippen LogP contribution < -0.4 is 20.1 Å². The molecule has 148 valence electrons. The fourth-order valence-electron chi connectivity index (χ4n) is 3.16. The molecule has 1 aromatic rings. The molecule has 2 rings (SSSR count). The summed E-state index contributed by atoms with van der Waals surface area (Å²) < 4.78 is 10.8. The van der Waals surface area contributed by atoms with E-state index in [0.29, 0.717) is 24.1 Å². The molecule has 1 aliphatic rings. The van der Waals surface area contributed by atoms with Crippen molar-refractivity contribution >= 4 is 17.9 Å². The molecule has 1 aliphatic carbocycles. The zero-order chi connectivity index (χ0) is 19.5. The molecule has 0 spiro atoms. The SMILES string of the molecule is C/C=C/c1ccc(OCC(=O)NCCC(=O)NC2CCCCC2)c(OC)c1. The van der Waals surface area contributed by atoms with E-state index in [1.807, 2.05) is 31.2 Å². The number of hydrogen-bond acceptors (Lipinski definition) is 4. The minimum atomic E-state index is -0.264. The van der Waals surface area contributed by atoms with E-state index in [1.54, 1.807) is 13.2 Å². The lowest BCUT2D eigenvalue weighted by Crippen LogP contribution is -2.38. The highest BCUT2D eigenvalue weighted by Crippen LogP contribution is 2.28. The number of rotatable bonds is 9. The van der Waals surface area contributed by atoms with Gasteiger partial charge in [-0.1, -0.05) is 37.5 Å². The van der Waals surface area contributed by atoms with Gasteiger partial charge in [-0.25, -0.2) is 0 Å². The maximum absolute atomic E-state index is 11.9. The van der Waals surface area contributed by atoms with Gasteiger partial charge in [0.2, 0.25) is 5.91 Å². The van der Waals surface area contributed by atoms with E-state index < -0.39 is 0 Å². The van der Waals surface area contributed by atoms with Crippen LogP contribution in [0.3, 0.4) is 0 Å². The number of benzene rings is 1. The zero-order valence-corrected chi connectivity index (χ0v) is 16.3. The highest BCUT2D eigenvalue weighted by atomic mass is 16.5. The van der Waals surface area contributed by atoms with Crippen molar-refractivity contribution < 1.29 is 19.1 Å². The van der Waals surface area contributed by atoms with E-state index in [2.05, 4.69) is 10.6 Å². The summed E-state index contributed by atoms with van der Waals surface area (Å²) in [5.74, 6) is 0.811. The minimum Gasteiger partial charge on any atom is -0.493 e. The maximum Gasteiger partial charge on any atom is 0.257 e. The van der Waals surface area contributed by atoms with Crippen LogP contribution in [0.25, 0.3) is 6.08 Å². The molecule has 1 saturated carbocycles. The van der Waals surface area contributed by atoms with Gasteiger partial charge in [-0.2, -0.15) is 0 Å². The van der Waals surface area contributed by atoms with Gasteiger partial charge in [-0.05, 0) is 37.5 Å². The summed E-state index contributed by atoms with van der Waals surface area (Å²) in [5, 5.41) is 5.75. The van der Waals surface area contributed by atoms with E-state index in [1.165, 1.54) is 19.3 Å². The van der Waals surface area contributed by atoms with E-state index in [4.69, 9.17) is 9.47 Å². The molecule has 2 N–H and O–H groups in total. The Balaban J connectivity index is 1.69. The molecule has 0 bridgehead atoms. The van der Waals surface area contributed by atoms with Crippen LogP contribution in [0, 0.1) is 0 Å². The Hall–Kier alpha value is -2.50. The summed E-state index contributed by atoms with van der Waals surface area (Å²) in [7, 11) is 1.56. The van der Waals surface area contributed by atoms with Crippen LogP contribution in [-0.4, -0.2) is 38.1 Å². The first-order valence-electron chi connectivity index (χ1n) is 9.62. The standard InChI is InChI=1S/C21H30N2O4/c1-3-7-16-10-11-18(19(14-16)26-2)27-15-21(25)22-13-12-20(24)23-17-8-5-4-6-9-17/h3,7,10-11,14,17H,4-6,8-9,12-13,15H2,1-2H3,(H,22,25)(H,23,24)/b7-3+. The van der Waals surface area contributed by atoms with Crippen molar-refractivity contribution in [2.45, 2.75) is 51.5 Å². The third-order valence-electron chi connectivity index (χ3n) is 4.55. The van der Waals surface area contributed by atoms with E-state index in [9.17, 15) is 9.59 Å². The zero-order valence-electron chi connectivity index (χ0n) is 16.3. The molecule has 0 heterocycles. The second kappa shape index (κ2) is 11.3. The van der Waals surface area contributed by atoms with Gasteiger partial charge in [0.1, 0.15) is 0 Å². The molecule has 1 fully saturated rings. The average molecular weight is 374 g/mol. The Kier molecular flexibility index (Phi) is 8.68. The summed E-state index contributed by atoms with van der Waals surface area (Å²) >= 11 is 0. The molecule has 6 nitrogen and oxygen atoms in total. The Morgan fingerprint density at radius 2 is 1.93 bits per heavy atom. The minimum absolute atomic E-state index is 0.00986. The number of nitrogens with one attached hydrogen (secondary N) is 2. The average Bonchev–Trinajstić information content (AvgIpc) is 2.68. The fourth-order valence-corrected chi connectivity index (χ4v) is 3.16. The van der Waals surface area contributed by atoms with Crippen LogP contribution in [0.5, 0.6) is 11.5 Å². The molecule has 2 amide bonds. The van der Waals surface area contributed by atoms with E-state index in [-0.39, 0.29) is 24.8 Å². The second-order valence-corrected chi connectivity index (χ2v) is 6.70. The smallest absolute Gasteiger partial charge is 0.257 e. The number of amides is 2. The first-order chi connectivity index (χ1) is 13.1. The largest absolute Gasteiger partial charge is 0.493 e. The highest BCUT2D eigenvalue weighted by Gasteiger charge is 2.15. The van der Waals surface area contributed by atoms with Crippen molar-refractivity contribution in [2.24, 2.45) is 0 Å². The lowest BCUT2D eigenvalue weighted by atomic mass is 9.95. The quantitative estimate of drug-likeness (QED) is 0.696. The van der Waals surface area contributed by atoms with Crippen molar-refractivity contribution in [3.05, 3.63) is 29.8 Å². The van der Waals surface area contributed by atoms with Crippen molar-refractivity contribution in [2.75, 3.05) is 20.3 Å². The summed E-state index contributed by atoms with van der Waals surface area (Å²) in [4.78, 5) is 23.9. The van der Waals surface area contributed by atoms with Gasteiger partial charge in [-0.3, -0.25) is 9.59 Å². The number of allylic oxidation sites excluding steroid dienone is 1. The van der Waals surface area contributed by atoms with Crippen LogP contribution in [-0.2, 0) is 9.59 Å². The monoisotopic (exact) mass is 374 g/mol. The first kappa shape index (κ1) is 20.8. The van der Waals surface area contributed by atoms with Gasteiger partial charge in [0.25, 0.3) is 5.91 Å². The van der Waals surface area contributed by atoms with Crippen molar-refractivity contribution in [1.29, 1.82) is 0 Å². The van der Waals surface area contributed by atoms with Gasteiger partial charge in [0.05, 0.1) is 7.11 Å². The molecular weight excluding hydrogens is 344 g/mol. The Bertz CT molecular complexity index is 652. The van der Waals surface area contributed by atoms with Crippen molar-refractivity contribution in [1.82, 2.24) is 10.6 Å². The number of ether oxygens (including phenoxy) is 2. The number of hydrogen-bond donors (Lipinski definition) is 2. The van der Waals surface area contributed by atoms with Crippen LogP contribution in [0.2, 0.25) is 0 Å². The van der Waals surface area contributed by atoms with Crippen LogP contribution >= 0.6 is 0 Å². The fraction of sp³-hybridized carbons (Fsp3) is 0.524. The predicted octanol–water partition coefficient (Wildman–Crippen LogP) is 3.06. The molecule has 27 heavy (non-hydrogen) atoms. The first-order valence-corrected chi connectivity index (χ1v) is 9.62. The van der Waals surface area contributed by atoms with Crippen LogP contribution in [0.1, 0.15) is 51.0 Å². The lowest BCUT2D eigenvalue weighted by molar-refractivity contribution is -0.124. The van der Waals surface area contributed by atoms with Gasteiger partial charge >= 0.3 is 0 Å². The predicted molar refractivity (Wildman–Crippen MR) is 106 cm³/mol. The van der Waals surface area contributed by atoms with Crippen molar-refractivity contribution in [3.63, 3.8) is 0 Å². The maximum atomic E-state index is 11.9. The molecule has 6 heteroatoms. The Morgan fingerprint density at radius 1 is 1.15 bits per heavy atom. The number of methoxy groups -OCH3 is 1. The molecular formula is C21H30N2O4.